The molecule has 1 atom stereocenters. The molecule has 0 amide bonds. The van der Waals surface area contributed by atoms with E-state index < -0.39 is 6.10 Å². The minimum Gasteiger partial charge on any atom is -0.491 e. The van der Waals surface area contributed by atoms with Gasteiger partial charge in [0.05, 0.1) is 13.2 Å². The Hall–Kier alpha value is -0.850. The molecule has 23 heavy (non-hydrogen) atoms. The van der Waals surface area contributed by atoms with E-state index in [1.54, 1.807) is 4.90 Å². The number of nitrogens with zero attached hydrogens (tertiary/aromatic N) is 1. The fourth-order valence-electron chi connectivity index (χ4n) is 2.51. The number of aliphatic hydroxyl groups is 3. The molecule has 1 aromatic carbocycles. The van der Waals surface area contributed by atoms with E-state index in [1.165, 1.54) is 11.1 Å². The van der Waals surface area contributed by atoms with E-state index in [2.05, 4.69) is 26.8 Å². The quantitative estimate of drug-likeness (QED) is 0.599. The number of hydrogen-bond donors (Lipinski definition) is 3. The van der Waals surface area contributed by atoms with Crippen molar-refractivity contribution >= 4 is 12.4 Å². The van der Waals surface area contributed by atoms with Crippen LogP contribution in [0, 0.1) is 6.92 Å². The number of benzene rings is 1. The van der Waals surface area contributed by atoms with Crippen LogP contribution in [0.4, 0.5) is 0 Å². The summed E-state index contributed by atoms with van der Waals surface area (Å²) in [5.74, 6) is 1.22. The van der Waals surface area contributed by atoms with Crippen molar-refractivity contribution in [2.45, 2.75) is 32.8 Å². The molecule has 0 aliphatic heterocycles. The molecule has 3 N–H and O–H groups in total. The van der Waals surface area contributed by atoms with Crippen LogP contribution in [0.2, 0.25) is 0 Å². The molecule has 1 aromatic rings. The SMILES string of the molecule is Cc1cc(OCC(O)CN(CCO)CCO)ccc1C(C)C.Cl. The fraction of sp³-hybridized carbons (Fsp3) is 0.647. The third-order valence-electron chi connectivity index (χ3n) is 3.61. The Bertz CT molecular complexity index is 437. The summed E-state index contributed by atoms with van der Waals surface area (Å²) in [6.45, 7) is 7.79. The summed E-state index contributed by atoms with van der Waals surface area (Å²) in [5, 5.41) is 27.9. The van der Waals surface area contributed by atoms with E-state index in [0.717, 1.165) is 5.75 Å². The average molecular weight is 348 g/mol. The summed E-state index contributed by atoms with van der Waals surface area (Å²) in [6, 6.07) is 5.97. The molecule has 1 unspecified atom stereocenters. The summed E-state index contributed by atoms with van der Waals surface area (Å²) in [6.07, 6.45) is -0.664. The lowest BCUT2D eigenvalue weighted by atomic mass is 9.98. The van der Waals surface area contributed by atoms with Gasteiger partial charge in [0.1, 0.15) is 18.5 Å². The lowest BCUT2D eigenvalue weighted by Gasteiger charge is -2.23. The number of aliphatic hydroxyl groups excluding tert-OH is 3. The number of halogens is 1. The fourth-order valence-corrected chi connectivity index (χ4v) is 2.51. The van der Waals surface area contributed by atoms with Gasteiger partial charge in [0.15, 0.2) is 0 Å². The maximum absolute atomic E-state index is 10.0. The predicted octanol–water partition coefficient (Wildman–Crippen LogP) is 1.57. The largest absolute Gasteiger partial charge is 0.491 e. The minimum absolute atomic E-state index is 0. The second-order valence-corrected chi connectivity index (χ2v) is 5.89. The molecule has 6 heteroatoms. The van der Waals surface area contributed by atoms with E-state index in [0.29, 0.717) is 25.6 Å². The van der Waals surface area contributed by atoms with E-state index in [1.807, 2.05) is 12.1 Å². The summed E-state index contributed by atoms with van der Waals surface area (Å²) < 4.78 is 5.64. The average Bonchev–Trinajstić information content (AvgIpc) is 2.45. The molecule has 0 aliphatic carbocycles. The van der Waals surface area contributed by atoms with Gasteiger partial charge in [0, 0.05) is 19.6 Å². The van der Waals surface area contributed by atoms with Gasteiger partial charge in [-0.2, -0.15) is 0 Å². The molecule has 0 bridgehead atoms. The smallest absolute Gasteiger partial charge is 0.119 e. The van der Waals surface area contributed by atoms with Gasteiger partial charge in [-0.15, -0.1) is 12.4 Å². The van der Waals surface area contributed by atoms with Gasteiger partial charge < -0.3 is 20.1 Å². The molecule has 0 heterocycles. The maximum Gasteiger partial charge on any atom is 0.119 e. The summed E-state index contributed by atoms with van der Waals surface area (Å²) >= 11 is 0. The van der Waals surface area contributed by atoms with Crippen LogP contribution in [-0.4, -0.2) is 65.8 Å². The number of rotatable bonds is 10. The molecule has 0 saturated carbocycles. The van der Waals surface area contributed by atoms with Crippen molar-refractivity contribution in [2.24, 2.45) is 0 Å². The minimum atomic E-state index is -0.664. The number of ether oxygens (including phenoxy) is 1. The molecule has 0 aromatic heterocycles. The molecule has 0 radical (unpaired) electrons. The predicted molar refractivity (Wildman–Crippen MR) is 94.6 cm³/mol. The Kier molecular flexibility index (Phi) is 11.2. The Labute approximate surface area is 145 Å². The van der Waals surface area contributed by atoms with Gasteiger partial charge in [-0.3, -0.25) is 4.90 Å². The van der Waals surface area contributed by atoms with Crippen LogP contribution in [0.5, 0.6) is 5.75 Å². The lowest BCUT2D eigenvalue weighted by Crippen LogP contribution is -2.38. The first-order valence-corrected chi connectivity index (χ1v) is 7.83. The second-order valence-electron chi connectivity index (χ2n) is 5.89. The summed E-state index contributed by atoms with van der Waals surface area (Å²) in [7, 11) is 0. The van der Waals surface area contributed by atoms with Gasteiger partial charge in [-0.1, -0.05) is 19.9 Å². The van der Waals surface area contributed by atoms with Gasteiger partial charge in [-0.25, -0.2) is 0 Å². The molecule has 1 rings (SSSR count). The van der Waals surface area contributed by atoms with Crippen molar-refractivity contribution in [1.82, 2.24) is 4.90 Å². The maximum atomic E-state index is 10.0. The zero-order valence-corrected chi connectivity index (χ0v) is 15.1. The van der Waals surface area contributed by atoms with E-state index >= 15 is 0 Å². The Morgan fingerprint density at radius 2 is 1.74 bits per heavy atom. The van der Waals surface area contributed by atoms with Gasteiger partial charge in [-0.05, 0) is 36.1 Å². The van der Waals surface area contributed by atoms with Crippen LogP contribution in [0.1, 0.15) is 30.9 Å². The van der Waals surface area contributed by atoms with Crippen molar-refractivity contribution < 1.29 is 20.1 Å². The number of hydrogen-bond acceptors (Lipinski definition) is 5. The highest BCUT2D eigenvalue weighted by molar-refractivity contribution is 5.85. The van der Waals surface area contributed by atoms with E-state index in [-0.39, 0.29) is 32.2 Å². The Morgan fingerprint density at radius 1 is 1.13 bits per heavy atom. The molecular weight excluding hydrogens is 318 g/mol. The first kappa shape index (κ1) is 22.1. The highest BCUT2D eigenvalue weighted by Gasteiger charge is 2.12. The number of aryl methyl sites for hydroxylation is 1. The van der Waals surface area contributed by atoms with Crippen LogP contribution in [0.25, 0.3) is 0 Å². The molecule has 0 fully saturated rings. The van der Waals surface area contributed by atoms with Crippen molar-refractivity contribution in [3.05, 3.63) is 29.3 Å². The molecule has 0 aliphatic rings. The zero-order chi connectivity index (χ0) is 16.5. The van der Waals surface area contributed by atoms with Crippen LogP contribution >= 0.6 is 12.4 Å². The molecule has 5 nitrogen and oxygen atoms in total. The van der Waals surface area contributed by atoms with Crippen LogP contribution < -0.4 is 4.74 Å². The summed E-state index contributed by atoms with van der Waals surface area (Å²) in [5.41, 5.74) is 2.48. The van der Waals surface area contributed by atoms with Crippen molar-refractivity contribution in [1.29, 1.82) is 0 Å². The zero-order valence-electron chi connectivity index (χ0n) is 14.2. The Morgan fingerprint density at radius 3 is 2.22 bits per heavy atom. The molecule has 0 saturated heterocycles. The highest BCUT2D eigenvalue weighted by Crippen LogP contribution is 2.23. The van der Waals surface area contributed by atoms with E-state index in [4.69, 9.17) is 14.9 Å². The van der Waals surface area contributed by atoms with E-state index in [9.17, 15) is 5.11 Å². The van der Waals surface area contributed by atoms with Crippen LogP contribution in [0.15, 0.2) is 18.2 Å². The Balaban J connectivity index is 0.00000484. The summed E-state index contributed by atoms with van der Waals surface area (Å²) in [4.78, 5) is 1.81. The lowest BCUT2D eigenvalue weighted by molar-refractivity contribution is 0.0552. The molecule has 134 valence electrons. The normalized spacial score (nSPS) is 12.3. The van der Waals surface area contributed by atoms with Crippen LogP contribution in [0.3, 0.4) is 0 Å². The van der Waals surface area contributed by atoms with Gasteiger partial charge in [0.2, 0.25) is 0 Å². The second kappa shape index (κ2) is 11.6. The molecular formula is C17H30ClNO4. The van der Waals surface area contributed by atoms with Gasteiger partial charge >= 0.3 is 0 Å². The first-order valence-electron chi connectivity index (χ1n) is 7.83. The third-order valence-corrected chi connectivity index (χ3v) is 3.61. The molecule has 0 spiro atoms. The highest BCUT2D eigenvalue weighted by atomic mass is 35.5. The van der Waals surface area contributed by atoms with Crippen molar-refractivity contribution in [3.63, 3.8) is 0 Å². The monoisotopic (exact) mass is 347 g/mol. The van der Waals surface area contributed by atoms with Crippen LogP contribution in [-0.2, 0) is 0 Å². The van der Waals surface area contributed by atoms with Gasteiger partial charge in [0.25, 0.3) is 0 Å². The van der Waals surface area contributed by atoms with Crippen molar-refractivity contribution in [2.75, 3.05) is 39.5 Å². The first-order chi connectivity index (χ1) is 10.5. The van der Waals surface area contributed by atoms with Crippen molar-refractivity contribution in [3.8, 4) is 5.75 Å². The topological polar surface area (TPSA) is 73.2 Å². The standard InChI is InChI=1S/C17H29NO4.ClH/c1-13(2)17-5-4-16(10-14(17)3)22-12-15(21)11-18(6-8-19)7-9-20;/h4-5,10,13,15,19-21H,6-9,11-12H2,1-3H3;1H. The third kappa shape index (κ3) is 7.99.